The van der Waals surface area contributed by atoms with Crippen LogP contribution in [0.2, 0.25) is 0 Å². The van der Waals surface area contributed by atoms with Crippen LogP contribution >= 0.6 is 0 Å². The molecule has 0 aliphatic heterocycles. The number of carbonyl (C=O) groups is 2. The second-order valence-electron chi connectivity index (χ2n) is 5.23. The van der Waals surface area contributed by atoms with Crippen LogP contribution in [-0.4, -0.2) is 24.3 Å². The molecule has 0 aliphatic carbocycles. The minimum absolute atomic E-state index is 0.0564. The number of ether oxygens (including phenoxy) is 1. The summed E-state index contributed by atoms with van der Waals surface area (Å²) in [6, 6.07) is 11.3. The number of ketones is 1. The van der Waals surface area contributed by atoms with Crippen molar-refractivity contribution >= 4 is 22.5 Å². The van der Waals surface area contributed by atoms with Crippen LogP contribution in [0.3, 0.4) is 0 Å². The standard InChI is InChI=1S/C17H19NO3/c1-11(2)18-16(20)10-21-17-14(12(3)19)9-8-13-6-4-5-7-15(13)17/h4-9,11H,10H2,1-3H3,(H,18,20). The van der Waals surface area contributed by atoms with Crippen molar-refractivity contribution in [2.45, 2.75) is 26.8 Å². The van der Waals surface area contributed by atoms with Gasteiger partial charge in [-0.1, -0.05) is 30.3 Å². The lowest BCUT2D eigenvalue weighted by molar-refractivity contribution is -0.123. The van der Waals surface area contributed by atoms with Crippen molar-refractivity contribution in [1.29, 1.82) is 0 Å². The molecule has 0 bridgehead atoms. The number of rotatable bonds is 5. The van der Waals surface area contributed by atoms with Crippen LogP contribution in [0.15, 0.2) is 36.4 Å². The van der Waals surface area contributed by atoms with Crippen LogP contribution in [0, 0.1) is 0 Å². The van der Waals surface area contributed by atoms with Crippen LogP contribution in [0.25, 0.3) is 10.8 Å². The van der Waals surface area contributed by atoms with E-state index in [-0.39, 0.29) is 24.3 Å². The number of nitrogens with one attached hydrogen (secondary N) is 1. The van der Waals surface area contributed by atoms with Gasteiger partial charge in [0.1, 0.15) is 5.75 Å². The smallest absolute Gasteiger partial charge is 0.258 e. The molecule has 0 fully saturated rings. The molecule has 0 radical (unpaired) electrons. The number of fused-ring (bicyclic) bond motifs is 1. The van der Waals surface area contributed by atoms with E-state index in [4.69, 9.17) is 4.74 Å². The van der Waals surface area contributed by atoms with E-state index in [2.05, 4.69) is 5.32 Å². The van der Waals surface area contributed by atoms with Crippen LogP contribution in [0.4, 0.5) is 0 Å². The summed E-state index contributed by atoms with van der Waals surface area (Å²) in [4.78, 5) is 23.5. The summed E-state index contributed by atoms with van der Waals surface area (Å²) < 4.78 is 5.64. The second kappa shape index (κ2) is 6.39. The highest BCUT2D eigenvalue weighted by atomic mass is 16.5. The quantitative estimate of drug-likeness (QED) is 0.859. The zero-order chi connectivity index (χ0) is 15.4. The van der Waals surface area contributed by atoms with E-state index in [1.165, 1.54) is 6.92 Å². The molecule has 2 aromatic rings. The number of amides is 1. The first kappa shape index (κ1) is 15.0. The summed E-state index contributed by atoms with van der Waals surface area (Å²) >= 11 is 0. The highest BCUT2D eigenvalue weighted by molar-refractivity contribution is 6.03. The van der Waals surface area contributed by atoms with Crippen molar-refractivity contribution in [2.24, 2.45) is 0 Å². The zero-order valence-electron chi connectivity index (χ0n) is 12.5. The summed E-state index contributed by atoms with van der Waals surface area (Å²) in [7, 11) is 0. The van der Waals surface area contributed by atoms with Crippen molar-refractivity contribution < 1.29 is 14.3 Å². The molecule has 2 aromatic carbocycles. The first-order valence-corrected chi connectivity index (χ1v) is 6.94. The molecule has 1 N–H and O–H groups in total. The molecule has 110 valence electrons. The van der Waals surface area contributed by atoms with Crippen molar-refractivity contribution in [3.8, 4) is 5.75 Å². The van der Waals surface area contributed by atoms with E-state index in [0.717, 1.165) is 10.8 Å². The highest BCUT2D eigenvalue weighted by Crippen LogP contribution is 2.30. The van der Waals surface area contributed by atoms with Gasteiger partial charge >= 0.3 is 0 Å². The largest absolute Gasteiger partial charge is 0.482 e. The predicted octanol–water partition coefficient (Wildman–Crippen LogP) is 2.95. The summed E-state index contributed by atoms with van der Waals surface area (Å²) in [5, 5.41) is 4.57. The molecular formula is C17H19NO3. The van der Waals surface area contributed by atoms with E-state index in [0.29, 0.717) is 11.3 Å². The van der Waals surface area contributed by atoms with E-state index < -0.39 is 0 Å². The number of hydrogen-bond acceptors (Lipinski definition) is 3. The van der Waals surface area contributed by atoms with Gasteiger partial charge in [0.2, 0.25) is 0 Å². The third kappa shape index (κ3) is 3.60. The molecule has 0 spiro atoms. The first-order chi connectivity index (χ1) is 9.99. The van der Waals surface area contributed by atoms with Gasteiger partial charge in [-0.25, -0.2) is 0 Å². The molecule has 1 amide bonds. The zero-order valence-corrected chi connectivity index (χ0v) is 12.5. The molecule has 0 unspecified atom stereocenters. The average Bonchev–Trinajstić information content (AvgIpc) is 2.43. The number of hydrogen-bond donors (Lipinski definition) is 1. The van der Waals surface area contributed by atoms with Gasteiger partial charge in [0, 0.05) is 11.4 Å². The molecule has 2 rings (SSSR count). The van der Waals surface area contributed by atoms with Crippen LogP contribution in [0.1, 0.15) is 31.1 Å². The second-order valence-corrected chi connectivity index (χ2v) is 5.23. The Hall–Kier alpha value is -2.36. The Balaban J connectivity index is 2.33. The Morgan fingerprint density at radius 2 is 1.86 bits per heavy atom. The Labute approximate surface area is 124 Å². The van der Waals surface area contributed by atoms with E-state index in [1.54, 1.807) is 6.07 Å². The molecule has 21 heavy (non-hydrogen) atoms. The van der Waals surface area contributed by atoms with Crippen molar-refractivity contribution in [3.63, 3.8) is 0 Å². The van der Waals surface area contributed by atoms with E-state index >= 15 is 0 Å². The van der Waals surface area contributed by atoms with Gasteiger partial charge in [-0.15, -0.1) is 0 Å². The van der Waals surface area contributed by atoms with Crippen LogP contribution < -0.4 is 10.1 Å². The summed E-state index contributed by atoms with van der Waals surface area (Å²) in [6.45, 7) is 5.16. The van der Waals surface area contributed by atoms with E-state index in [1.807, 2.05) is 44.2 Å². The summed E-state index contributed by atoms with van der Waals surface area (Å²) in [5.41, 5.74) is 0.492. The highest BCUT2D eigenvalue weighted by Gasteiger charge is 2.14. The number of carbonyl (C=O) groups excluding carboxylic acids is 2. The van der Waals surface area contributed by atoms with Crippen molar-refractivity contribution in [1.82, 2.24) is 5.32 Å². The third-order valence-electron chi connectivity index (χ3n) is 3.06. The number of Topliss-reactive ketones (excluding diaryl/α,β-unsaturated/α-hetero) is 1. The molecule has 0 saturated heterocycles. The molecule has 0 saturated carbocycles. The minimum Gasteiger partial charge on any atom is -0.482 e. The van der Waals surface area contributed by atoms with Crippen LogP contribution in [-0.2, 0) is 4.79 Å². The predicted molar refractivity (Wildman–Crippen MR) is 82.7 cm³/mol. The average molecular weight is 285 g/mol. The van der Waals surface area contributed by atoms with Gasteiger partial charge in [-0.3, -0.25) is 9.59 Å². The fourth-order valence-corrected chi connectivity index (χ4v) is 2.18. The molecule has 4 nitrogen and oxygen atoms in total. The van der Waals surface area contributed by atoms with Gasteiger partial charge in [0.15, 0.2) is 12.4 Å². The molecule has 4 heteroatoms. The Morgan fingerprint density at radius 1 is 1.14 bits per heavy atom. The number of benzene rings is 2. The maximum absolute atomic E-state index is 11.8. The van der Waals surface area contributed by atoms with Gasteiger partial charge in [0.25, 0.3) is 5.91 Å². The normalized spacial score (nSPS) is 10.7. The van der Waals surface area contributed by atoms with Crippen molar-refractivity contribution in [3.05, 3.63) is 42.0 Å². The SMILES string of the molecule is CC(=O)c1ccc2ccccc2c1OCC(=O)NC(C)C. The van der Waals surface area contributed by atoms with Crippen LogP contribution in [0.5, 0.6) is 5.75 Å². The Kier molecular flexibility index (Phi) is 4.58. The Bertz CT molecular complexity index is 677. The molecule has 0 heterocycles. The fraction of sp³-hybridized carbons (Fsp3) is 0.294. The maximum Gasteiger partial charge on any atom is 0.258 e. The van der Waals surface area contributed by atoms with Gasteiger partial charge < -0.3 is 10.1 Å². The third-order valence-corrected chi connectivity index (χ3v) is 3.06. The Morgan fingerprint density at radius 3 is 2.52 bits per heavy atom. The van der Waals surface area contributed by atoms with Crippen molar-refractivity contribution in [2.75, 3.05) is 6.61 Å². The fourth-order valence-electron chi connectivity index (χ4n) is 2.18. The summed E-state index contributed by atoms with van der Waals surface area (Å²) in [5.74, 6) is 0.187. The lowest BCUT2D eigenvalue weighted by Crippen LogP contribution is -2.34. The van der Waals surface area contributed by atoms with Gasteiger partial charge in [-0.05, 0) is 32.2 Å². The molecule has 0 atom stereocenters. The first-order valence-electron chi connectivity index (χ1n) is 6.94. The molecule has 0 aromatic heterocycles. The van der Waals surface area contributed by atoms with Gasteiger partial charge in [-0.2, -0.15) is 0 Å². The maximum atomic E-state index is 11.8. The van der Waals surface area contributed by atoms with E-state index in [9.17, 15) is 9.59 Å². The minimum atomic E-state index is -0.201. The lowest BCUT2D eigenvalue weighted by atomic mass is 10.0. The lowest BCUT2D eigenvalue weighted by Gasteiger charge is -2.14. The topological polar surface area (TPSA) is 55.4 Å². The van der Waals surface area contributed by atoms with Gasteiger partial charge in [0.05, 0.1) is 5.56 Å². The molecule has 0 aliphatic rings. The summed E-state index contributed by atoms with van der Waals surface area (Å²) in [6.07, 6.45) is 0. The molecular weight excluding hydrogens is 266 g/mol. The monoisotopic (exact) mass is 285 g/mol.